The average Bonchev–Trinajstić information content (AvgIpc) is 2.45. The number of hydrogen-bond acceptors (Lipinski definition) is 3. The zero-order valence-electron chi connectivity index (χ0n) is 11.5. The first-order chi connectivity index (χ1) is 9.54. The van der Waals surface area contributed by atoms with Gasteiger partial charge in [-0.2, -0.15) is 0 Å². The lowest BCUT2D eigenvalue weighted by Gasteiger charge is -2.15. The molecule has 0 aliphatic heterocycles. The minimum atomic E-state index is -0.962. The Morgan fingerprint density at radius 1 is 1.40 bits per heavy atom. The van der Waals surface area contributed by atoms with Crippen molar-refractivity contribution in [1.29, 1.82) is 0 Å². The zero-order chi connectivity index (χ0) is 14.7. The van der Waals surface area contributed by atoms with Crippen molar-refractivity contribution in [2.45, 2.75) is 25.3 Å². The Labute approximate surface area is 125 Å². The molecule has 0 N–H and O–H groups in total. The van der Waals surface area contributed by atoms with E-state index in [1.165, 1.54) is 0 Å². The molecule has 0 radical (unpaired) electrons. The molecule has 20 heavy (non-hydrogen) atoms. The minimum absolute atomic E-state index is 0.116. The maximum Gasteiger partial charge on any atom is 0.261 e. The van der Waals surface area contributed by atoms with Crippen molar-refractivity contribution in [3.8, 4) is 0 Å². The molecule has 1 aromatic heterocycles. The number of halogens is 1. The molecule has 2 aromatic rings. The van der Waals surface area contributed by atoms with Crippen molar-refractivity contribution in [2.24, 2.45) is 0 Å². The van der Waals surface area contributed by atoms with Gasteiger partial charge >= 0.3 is 0 Å². The zero-order valence-corrected chi connectivity index (χ0v) is 13.1. The van der Waals surface area contributed by atoms with Crippen molar-refractivity contribution in [2.75, 3.05) is 12.0 Å². The Morgan fingerprint density at radius 2 is 2.10 bits per heavy atom. The molecule has 0 aliphatic carbocycles. The lowest BCUT2D eigenvalue weighted by Crippen LogP contribution is -2.28. The molecule has 108 valence electrons. The molecule has 0 aliphatic rings. The quantitative estimate of drug-likeness (QED) is 0.797. The van der Waals surface area contributed by atoms with Crippen molar-refractivity contribution >= 4 is 33.3 Å². The molecular weight excluding hydrogens is 296 g/mol. The Morgan fingerprint density at radius 3 is 2.75 bits per heavy atom. The summed E-state index contributed by atoms with van der Waals surface area (Å²) < 4.78 is 12.8. The topological polar surface area (TPSA) is 52.0 Å². The molecule has 2 atom stereocenters. The highest BCUT2D eigenvalue weighted by atomic mass is 35.5. The maximum absolute atomic E-state index is 12.5. The van der Waals surface area contributed by atoms with Gasteiger partial charge in [-0.25, -0.2) is 4.98 Å². The van der Waals surface area contributed by atoms with E-state index in [0.29, 0.717) is 35.4 Å². The van der Waals surface area contributed by atoms with E-state index in [-0.39, 0.29) is 10.9 Å². The third-order valence-electron chi connectivity index (χ3n) is 3.13. The standard InChI is InChI=1S/C14H17ClN2O2S/c1-3-11(15)13-16-12-7-5-4-6-10(12)14(18)17(13)8-9-20(2)19/h4-7,11H,3,8-9H2,1-2H3. The first-order valence-electron chi connectivity index (χ1n) is 6.48. The second-order valence-corrected chi connectivity index (χ2v) is 6.68. The van der Waals surface area contributed by atoms with Gasteiger partial charge < -0.3 is 0 Å². The van der Waals surface area contributed by atoms with Gasteiger partial charge in [0.05, 0.1) is 16.3 Å². The maximum atomic E-state index is 12.5. The average molecular weight is 313 g/mol. The van der Waals surface area contributed by atoms with Crippen LogP contribution in [0.5, 0.6) is 0 Å². The van der Waals surface area contributed by atoms with Crippen LogP contribution in [0.15, 0.2) is 29.1 Å². The number of rotatable bonds is 5. The van der Waals surface area contributed by atoms with E-state index in [9.17, 15) is 9.00 Å². The number of para-hydroxylation sites is 1. The number of hydrogen-bond donors (Lipinski definition) is 0. The summed E-state index contributed by atoms with van der Waals surface area (Å²) >= 11 is 6.29. The molecular formula is C14H17ClN2O2S. The second kappa shape index (κ2) is 6.50. The summed E-state index contributed by atoms with van der Waals surface area (Å²) in [5.41, 5.74) is 0.538. The van der Waals surface area contributed by atoms with Gasteiger partial charge in [0.2, 0.25) is 0 Å². The van der Waals surface area contributed by atoms with Gasteiger partial charge in [0.25, 0.3) is 5.56 Å². The normalized spacial score (nSPS) is 14.3. The van der Waals surface area contributed by atoms with E-state index in [1.54, 1.807) is 16.9 Å². The summed E-state index contributed by atoms with van der Waals surface area (Å²) in [5.74, 6) is 0.976. The Balaban J connectivity index is 2.63. The summed E-state index contributed by atoms with van der Waals surface area (Å²) in [6, 6.07) is 7.22. The van der Waals surface area contributed by atoms with Gasteiger partial charge in [-0.1, -0.05) is 19.1 Å². The summed E-state index contributed by atoms with van der Waals surface area (Å²) in [4.78, 5) is 17.1. The third-order valence-corrected chi connectivity index (χ3v) is 4.39. The monoisotopic (exact) mass is 312 g/mol. The third kappa shape index (κ3) is 3.10. The fourth-order valence-electron chi connectivity index (χ4n) is 2.04. The lowest BCUT2D eigenvalue weighted by atomic mass is 10.2. The van der Waals surface area contributed by atoms with Crippen LogP contribution < -0.4 is 5.56 Å². The van der Waals surface area contributed by atoms with Gasteiger partial charge in [0, 0.05) is 29.4 Å². The molecule has 0 spiro atoms. The number of fused-ring (bicyclic) bond motifs is 1. The van der Waals surface area contributed by atoms with Gasteiger partial charge in [0.1, 0.15) is 5.82 Å². The van der Waals surface area contributed by atoms with Crippen molar-refractivity contribution in [3.05, 3.63) is 40.4 Å². The highest BCUT2D eigenvalue weighted by molar-refractivity contribution is 7.84. The lowest BCUT2D eigenvalue weighted by molar-refractivity contribution is 0.629. The fourth-order valence-corrected chi connectivity index (χ4v) is 2.65. The van der Waals surface area contributed by atoms with Crippen LogP contribution in [-0.2, 0) is 17.3 Å². The molecule has 2 rings (SSSR count). The summed E-state index contributed by atoms with van der Waals surface area (Å²) in [7, 11) is -0.962. The fraction of sp³-hybridized carbons (Fsp3) is 0.429. The number of alkyl halides is 1. The van der Waals surface area contributed by atoms with E-state index in [2.05, 4.69) is 4.98 Å². The largest absolute Gasteiger partial charge is 0.294 e. The number of aromatic nitrogens is 2. The Hall–Kier alpha value is -1.20. The molecule has 1 heterocycles. The first-order valence-corrected chi connectivity index (χ1v) is 8.64. The van der Waals surface area contributed by atoms with E-state index in [1.807, 2.05) is 25.1 Å². The molecule has 0 bridgehead atoms. The summed E-state index contributed by atoms with van der Waals surface area (Å²) in [6.07, 6.45) is 2.30. The van der Waals surface area contributed by atoms with Gasteiger partial charge in [0.15, 0.2) is 0 Å². The summed E-state index contributed by atoms with van der Waals surface area (Å²) in [5, 5.41) is 0.246. The Bertz CT molecular complexity index is 699. The predicted octanol–water partition coefficient (Wildman–Crippen LogP) is 2.46. The molecule has 1 aromatic carbocycles. The molecule has 0 amide bonds. The van der Waals surface area contributed by atoms with Crippen LogP contribution in [0.4, 0.5) is 0 Å². The van der Waals surface area contributed by atoms with E-state index in [4.69, 9.17) is 11.6 Å². The van der Waals surface area contributed by atoms with Crippen LogP contribution >= 0.6 is 11.6 Å². The van der Waals surface area contributed by atoms with Crippen molar-refractivity contribution < 1.29 is 4.21 Å². The van der Waals surface area contributed by atoms with Crippen LogP contribution in [0, 0.1) is 0 Å². The molecule has 4 nitrogen and oxygen atoms in total. The number of nitrogens with zero attached hydrogens (tertiary/aromatic N) is 2. The molecule has 6 heteroatoms. The van der Waals surface area contributed by atoms with E-state index >= 15 is 0 Å². The van der Waals surface area contributed by atoms with E-state index < -0.39 is 10.8 Å². The highest BCUT2D eigenvalue weighted by Gasteiger charge is 2.16. The molecule has 2 unspecified atom stereocenters. The van der Waals surface area contributed by atoms with E-state index in [0.717, 1.165) is 0 Å². The van der Waals surface area contributed by atoms with Gasteiger partial charge in [-0.15, -0.1) is 11.6 Å². The van der Waals surface area contributed by atoms with Gasteiger partial charge in [-0.05, 0) is 18.6 Å². The second-order valence-electron chi connectivity index (χ2n) is 4.60. The summed E-state index contributed by atoms with van der Waals surface area (Å²) in [6.45, 7) is 2.32. The molecule has 0 fully saturated rings. The Kier molecular flexibility index (Phi) is 4.94. The predicted molar refractivity (Wildman–Crippen MR) is 83.8 cm³/mol. The van der Waals surface area contributed by atoms with Gasteiger partial charge in [-0.3, -0.25) is 13.6 Å². The molecule has 0 saturated heterocycles. The van der Waals surface area contributed by atoms with Crippen LogP contribution in [0.3, 0.4) is 0 Å². The number of benzene rings is 1. The minimum Gasteiger partial charge on any atom is -0.294 e. The SMILES string of the molecule is CCC(Cl)c1nc2ccccc2c(=O)n1CCS(C)=O. The van der Waals surface area contributed by atoms with Crippen LogP contribution in [0.25, 0.3) is 10.9 Å². The highest BCUT2D eigenvalue weighted by Crippen LogP contribution is 2.22. The molecule has 0 saturated carbocycles. The van der Waals surface area contributed by atoms with Crippen LogP contribution in [-0.4, -0.2) is 25.8 Å². The van der Waals surface area contributed by atoms with Crippen molar-refractivity contribution in [1.82, 2.24) is 9.55 Å². The van der Waals surface area contributed by atoms with Crippen LogP contribution in [0.2, 0.25) is 0 Å². The first kappa shape index (κ1) is 15.2. The smallest absolute Gasteiger partial charge is 0.261 e. The van der Waals surface area contributed by atoms with Crippen molar-refractivity contribution in [3.63, 3.8) is 0 Å². The van der Waals surface area contributed by atoms with Crippen LogP contribution in [0.1, 0.15) is 24.5 Å².